The second kappa shape index (κ2) is 8.53. The van der Waals surface area contributed by atoms with Crippen LogP contribution in [0.3, 0.4) is 0 Å². The lowest BCUT2D eigenvalue weighted by Gasteiger charge is -2.19. The molecular formula is C23H18ClNO5S. The molecule has 0 N–H and O–H groups in total. The first-order valence-corrected chi connectivity index (χ1v) is 11.3. The van der Waals surface area contributed by atoms with Gasteiger partial charge in [-0.1, -0.05) is 47.1 Å². The minimum atomic E-state index is -4.05. The summed E-state index contributed by atoms with van der Waals surface area (Å²) in [5.41, 5.74) is -0.308. The molecule has 0 aromatic heterocycles. The van der Waals surface area contributed by atoms with Crippen molar-refractivity contribution >= 4 is 32.9 Å². The number of methoxy groups -OCH3 is 1. The molecule has 1 heterocycles. The molecule has 31 heavy (non-hydrogen) atoms. The normalized spacial score (nSPS) is 18.2. The maximum Gasteiger partial charge on any atom is 0.247 e. The van der Waals surface area contributed by atoms with Gasteiger partial charge in [-0.3, -0.25) is 4.79 Å². The fourth-order valence-corrected chi connectivity index (χ4v) is 5.05. The molecule has 3 aromatic carbocycles. The molecule has 0 saturated heterocycles. The number of oxime groups is 1. The maximum absolute atomic E-state index is 13.4. The highest BCUT2D eigenvalue weighted by atomic mass is 35.5. The molecule has 0 aliphatic carbocycles. The predicted molar refractivity (Wildman–Crippen MR) is 117 cm³/mol. The van der Waals surface area contributed by atoms with E-state index in [1.165, 1.54) is 24.3 Å². The minimum absolute atomic E-state index is 0.000979. The molecule has 0 amide bonds. The van der Waals surface area contributed by atoms with Crippen molar-refractivity contribution in [3.63, 3.8) is 0 Å². The number of ketones is 1. The second-order valence-electron chi connectivity index (χ2n) is 6.89. The first-order valence-electron chi connectivity index (χ1n) is 9.38. The van der Waals surface area contributed by atoms with Gasteiger partial charge in [0.1, 0.15) is 17.4 Å². The van der Waals surface area contributed by atoms with Crippen molar-refractivity contribution in [2.75, 3.05) is 7.11 Å². The third-order valence-electron chi connectivity index (χ3n) is 5.00. The van der Waals surface area contributed by atoms with E-state index in [1.54, 1.807) is 61.7 Å². The van der Waals surface area contributed by atoms with Gasteiger partial charge >= 0.3 is 0 Å². The van der Waals surface area contributed by atoms with Crippen LogP contribution >= 0.6 is 11.6 Å². The van der Waals surface area contributed by atoms with Crippen LogP contribution in [0.15, 0.2) is 88.9 Å². The zero-order valence-electron chi connectivity index (χ0n) is 16.4. The molecule has 8 heteroatoms. The molecule has 0 fully saturated rings. The largest absolute Gasteiger partial charge is 0.497 e. The standard InChI is InChI=1S/C23H18ClNO5S/c1-29-18-11-7-15(8-12-18)21-20(22(26)16-5-3-2-4-6-16)23(30-25-21)31(27,28)19-13-9-17(24)10-14-19/h2-14,20,23H,1H3. The molecule has 0 spiro atoms. The average molecular weight is 456 g/mol. The third-order valence-corrected chi connectivity index (χ3v) is 7.15. The molecular weight excluding hydrogens is 438 g/mol. The summed E-state index contributed by atoms with van der Waals surface area (Å²) in [6.07, 6.45) is 0. The summed E-state index contributed by atoms with van der Waals surface area (Å²) in [6.45, 7) is 0. The quantitative estimate of drug-likeness (QED) is 0.515. The van der Waals surface area contributed by atoms with Gasteiger partial charge < -0.3 is 9.57 Å². The summed E-state index contributed by atoms with van der Waals surface area (Å²) < 4.78 is 31.9. The Bertz CT molecular complexity index is 1220. The number of carbonyl (C=O) groups is 1. The van der Waals surface area contributed by atoms with Crippen LogP contribution in [0.2, 0.25) is 5.02 Å². The van der Waals surface area contributed by atoms with Crippen LogP contribution in [-0.4, -0.2) is 32.5 Å². The Morgan fingerprint density at radius 3 is 2.23 bits per heavy atom. The fourth-order valence-electron chi connectivity index (χ4n) is 3.37. The maximum atomic E-state index is 13.4. The van der Waals surface area contributed by atoms with E-state index in [1.807, 2.05) is 0 Å². The van der Waals surface area contributed by atoms with E-state index in [-0.39, 0.29) is 10.6 Å². The summed E-state index contributed by atoms with van der Waals surface area (Å²) in [4.78, 5) is 18.8. The highest BCUT2D eigenvalue weighted by Crippen LogP contribution is 2.34. The Morgan fingerprint density at radius 1 is 0.968 bits per heavy atom. The number of sulfone groups is 1. The smallest absolute Gasteiger partial charge is 0.247 e. The average Bonchev–Trinajstić information content (AvgIpc) is 3.25. The van der Waals surface area contributed by atoms with Crippen molar-refractivity contribution in [2.45, 2.75) is 10.3 Å². The van der Waals surface area contributed by atoms with E-state index >= 15 is 0 Å². The summed E-state index contributed by atoms with van der Waals surface area (Å²) in [7, 11) is -2.51. The fraction of sp³-hybridized carbons (Fsp3) is 0.130. The number of nitrogens with zero attached hydrogens (tertiary/aromatic N) is 1. The van der Waals surface area contributed by atoms with Gasteiger partial charge in [-0.25, -0.2) is 8.42 Å². The number of ether oxygens (including phenoxy) is 1. The molecule has 1 aliphatic heterocycles. The summed E-state index contributed by atoms with van der Waals surface area (Å²) in [6, 6.07) is 21.1. The van der Waals surface area contributed by atoms with Gasteiger partial charge in [0, 0.05) is 16.1 Å². The molecule has 0 bridgehead atoms. The Hall–Kier alpha value is -3.16. The zero-order valence-corrected chi connectivity index (χ0v) is 18.0. The number of benzene rings is 3. The molecule has 0 saturated carbocycles. The number of hydrogen-bond donors (Lipinski definition) is 0. The van der Waals surface area contributed by atoms with Crippen molar-refractivity contribution in [3.05, 3.63) is 95.0 Å². The van der Waals surface area contributed by atoms with Crippen molar-refractivity contribution in [2.24, 2.45) is 11.1 Å². The molecule has 0 radical (unpaired) electrons. The van der Waals surface area contributed by atoms with Crippen LogP contribution in [0.4, 0.5) is 0 Å². The van der Waals surface area contributed by atoms with Crippen LogP contribution in [0.1, 0.15) is 15.9 Å². The van der Waals surface area contributed by atoms with Crippen LogP contribution in [0, 0.1) is 5.92 Å². The number of hydrogen-bond acceptors (Lipinski definition) is 6. The predicted octanol–water partition coefficient (Wildman–Crippen LogP) is 4.38. The van der Waals surface area contributed by atoms with Gasteiger partial charge in [0.05, 0.1) is 12.0 Å². The number of rotatable bonds is 6. The minimum Gasteiger partial charge on any atom is -0.497 e. The number of halogens is 1. The van der Waals surface area contributed by atoms with E-state index < -0.39 is 27.0 Å². The molecule has 4 rings (SSSR count). The Morgan fingerprint density at radius 2 is 1.61 bits per heavy atom. The molecule has 6 nitrogen and oxygen atoms in total. The van der Waals surface area contributed by atoms with Crippen LogP contribution < -0.4 is 4.74 Å². The Kier molecular flexibility index (Phi) is 5.80. The SMILES string of the molecule is COc1ccc(C2=NOC(S(=O)(=O)c3ccc(Cl)cc3)C2C(=O)c2ccccc2)cc1. The Balaban J connectivity index is 1.78. The van der Waals surface area contributed by atoms with E-state index in [9.17, 15) is 13.2 Å². The lowest BCUT2D eigenvalue weighted by molar-refractivity contribution is 0.0814. The van der Waals surface area contributed by atoms with Crippen molar-refractivity contribution in [1.82, 2.24) is 0 Å². The van der Waals surface area contributed by atoms with Crippen LogP contribution in [-0.2, 0) is 14.7 Å². The van der Waals surface area contributed by atoms with E-state index in [0.29, 0.717) is 21.9 Å². The monoisotopic (exact) mass is 455 g/mol. The number of carbonyl (C=O) groups excluding carboxylic acids is 1. The van der Waals surface area contributed by atoms with E-state index in [0.717, 1.165) is 0 Å². The van der Waals surface area contributed by atoms with Gasteiger partial charge in [0.15, 0.2) is 5.78 Å². The molecule has 158 valence electrons. The van der Waals surface area contributed by atoms with Gasteiger partial charge in [0.2, 0.25) is 15.3 Å². The van der Waals surface area contributed by atoms with Crippen molar-refractivity contribution in [1.29, 1.82) is 0 Å². The van der Waals surface area contributed by atoms with Crippen molar-refractivity contribution in [3.8, 4) is 5.75 Å². The van der Waals surface area contributed by atoms with Gasteiger partial charge in [-0.15, -0.1) is 0 Å². The highest BCUT2D eigenvalue weighted by molar-refractivity contribution is 7.92. The number of Topliss-reactive ketones (excluding diaryl/α,β-unsaturated/α-hetero) is 1. The molecule has 1 aliphatic rings. The van der Waals surface area contributed by atoms with Crippen LogP contribution in [0.5, 0.6) is 5.75 Å². The van der Waals surface area contributed by atoms with Crippen LogP contribution in [0.25, 0.3) is 0 Å². The second-order valence-corrected chi connectivity index (χ2v) is 9.35. The first-order chi connectivity index (χ1) is 14.9. The lowest BCUT2D eigenvalue weighted by Crippen LogP contribution is -2.37. The zero-order chi connectivity index (χ0) is 22.0. The van der Waals surface area contributed by atoms with Crippen molar-refractivity contribution < 1.29 is 22.8 Å². The van der Waals surface area contributed by atoms with E-state index in [4.69, 9.17) is 21.2 Å². The third kappa shape index (κ3) is 4.06. The highest BCUT2D eigenvalue weighted by Gasteiger charge is 2.48. The summed E-state index contributed by atoms with van der Waals surface area (Å²) >= 11 is 5.90. The molecule has 2 atom stereocenters. The van der Waals surface area contributed by atoms with E-state index in [2.05, 4.69) is 5.16 Å². The summed E-state index contributed by atoms with van der Waals surface area (Å²) in [5.74, 6) is -0.911. The lowest BCUT2D eigenvalue weighted by atomic mass is 9.90. The van der Waals surface area contributed by atoms with Gasteiger partial charge in [-0.2, -0.15) is 0 Å². The first kappa shape index (κ1) is 21.1. The Labute approximate surface area is 185 Å². The topological polar surface area (TPSA) is 82.0 Å². The van der Waals surface area contributed by atoms with Gasteiger partial charge in [0.25, 0.3) is 0 Å². The van der Waals surface area contributed by atoms with Gasteiger partial charge in [-0.05, 0) is 48.5 Å². The molecule has 3 aromatic rings. The molecule has 2 unspecified atom stereocenters. The summed E-state index contributed by atoms with van der Waals surface area (Å²) in [5, 5.41) is 4.43.